The van der Waals surface area contributed by atoms with Crippen molar-refractivity contribution in [2.75, 3.05) is 0 Å². The van der Waals surface area contributed by atoms with Gasteiger partial charge < -0.3 is 9.94 Å². The molecule has 5 heteroatoms. The number of hydrogen-bond acceptors (Lipinski definition) is 4. The molecule has 0 bridgehead atoms. The predicted octanol–water partition coefficient (Wildman–Crippen LogP) is 4.87. The quantitative estimate of drug-likeness (QED) is 0.457. The van der Waals surface area contributed by atoms with Crippen LogP contribution in [0, 0.1) is 0 Å². The lowest BCUT2D eigenvalue weighted by atomic mass is 10.1. The summed E-state index contributed by atoms with van der Waals surface area (Å²) in [6.07, 6.45) is 1.63. The molecule has 2 rings (SSSR count). The fourth-order valence-electron chi connectivity index (χ4n) is 1.71. The van der Waals surface area contributed by atoms with E-state index < -0.39 is 0 Å². The zero-order chi connectivity index (χ0) is 14.4. The van der Waals surface area contributed by atoms with Crippen molar-refractivity contribution in [3.63, 3.8) is 0 Å². The second-order valence-electron chi connectivity index (χ2n) is 4.47. The summed E-state index contributed by atoms with van der Waals surface area (Å²) >= 11 is 5.12. The van der Waals surface area contributed by atoms with E-state index in [1.165, 1.54) is 10.4 Å². The zero-order valence-corrected chi connectivity index (χ0v) is 13.6. The number of oxime groups is 1. The summed E-state index contributed by atoms with van der Waals surface area (Å²) in [5, 5.41) is 11.8. The molecule has 2 aromatic rings. The van der Waals surface area contributed by atoms with Crippen molar-refractivity contribution in [3.8, 4) is 5.75 Å². The van der Waals surface area contributed by atoms with Crippen LogP contribution in [0.2, 0.25) is 0 Å². The maximum Gasteiger partial charge on any atom is 0.122 e. The Labute approximate surface area is 131 Å². The summed E-state index contributed by atoms with van der Waals surface area (Å²) in [6.45, 7) is 2.41. The van der Waals surface area contributed by atoms with Crippen LogP contribution in [0.3, 0.4) is 0 Å². The smallest absolute Gasteiger partial charge is 0.122 e. The highest BCUT2D eigenvalue weighted by atomic mass is 79.9. The fourth-order valence-corrected chi connectivity index (χ4v) is 3.11. The molecule has 0 saturated carbocycles. The number of nitrogens with zero attached hydrogens (tertiary/aromatic N) is 1. The van der Waals surface area contributed by atoms with Gasteiger partial charge in [0.25, 0.3) is 0 Å². The summed E-state index contributed by atoms with van der Waals surface area (Å²) in [6, 6.07) is 12.1. The van der Waals surface area contributed by atoms with Gasteiger partial charge in [-0.2, -0.15) is 0 Å². The molecule has 0 fully saturated rings. The van der Waals surface area contributed by atoms with E-state index in [2.05, 4.69) is 27.2 Å². The first kappa shape index (κ1) is 15.1. The molecule has 0 aliphatic carbocycles. The van der Waals surface area contributed by atoms with E-state index in [4.69, 9.17) is 9.94 Å². The van der Waals surface area contributed by atoms with Crippen LogP contribution >= 0.6 is 27.3 Å². The van der Waals surface area contributed by atoms with Gasteiger partial charge in [-0.15, -0.1) is 11.3 Å². The molecular formula is C15H16BrNO2S. The van der Waals surface area contributed by atoms with Crippen LogP contribution in [-0.4, -0.2) is 10.9 Å². The molecule has 0 amide bonds. The highest BCUT2D eigenvalue weighted by molar-refractivity contribution is 9.11. The monoisotopic (exact) mass is 353 g/mol. The number of rotatable bonds is 6. The second kappa shape index (κ2) is 7.45. The van der Waals surface area contributed by atoms with E-state index >= 15 is 0 Å². The Balaban J connectivity index is 1.85. The van der Waals surface area contributed by atoms with Gasteiger partial charge in [0.15, 0.2) is 0 Å². The SMILES string of the molecule is C/C(CCc1ccc(OCc2ccc(Br)s2)cc1)=N\O. The molecule has 1 N–H and O–H groups in total. The first-order valence-electron chi connectivity index (χ1n) is 6.31. The van der Waals surface area contributed by atoms with Gasteiger partial charge in [0.2, 0.25) is 0 Å². The molecule has 3 nitrogen and oxygen atoms in total. The lowest BCUT2D eigenvalue weighted by Gasteiger charge is -2.06. The van der Waals surface area contributed by atoms with E-state index in [0.29, 0.717) is 6.61 Å². The Hall–Kier alpha value is -1.33. The maximum absolute atomic E-state index is 8.60. The molecule has 20 heavy (non-hydrogen) atoms. The molecule has 0 spiro atoms. The molecule has 0 atom stereocenters. The van der Waals surface area contributed by atoms with Gasteiger partial charge in [-0.25, -0.2) is 0 Å². The van der Waals surface area contributed by atoms with E-state index in [1.807, 2.05) is 37.3 Å². The highest BCUT2D eigenvalue weighted by Gasteiger charge is 2.01. The number of hydrogen-bond donors (Lipinski definition) is 1. The molecule has 1 aromatic carbocycles. The summed E-state index contributed by atoms with van der Waals surface area (Å²) in [4.78, 5) is 1.19. The molecule has 1 heterocycles. The van der Waals surface area contributed by atoms with Crippen LogP contribution in [0.25, 0.3) is 0 Å². The van der Waals surface area contributed by atoms with E-state index in [9.17, 15) is 0 Å². The fraction of sp³-hybridized carbons (Fsp3) is 0.267. The average molecular weight is 354 g/mol. The van der Waals surface area contributed by atoms with Crippen LogP contribution in [0.1, 0.15) is 23.8 Å². The molecule has 0 saturated heterocycles. The van der Waals surface area contributed by atoms with E-state index in [0.717, 1.165) is 28.1 Å². The van der Waals surface area contributed by atoms with Gasteiger partial charge in [0.05, 0.1) is 9.50 Å². The lowest BCUT2D eigenvalue weighted by molar-refractivity contribution is 0.309. The Kier molecular flexibility index (Phi) is 5.61. The Bertz CT molecular complexity index is 578. The van der Waals surface area contributed by atoms with Crippen molar-refractivity contribution in [3.05, 3.63) is 50.6 Å². The molecule has 0 radical (unpaired) electrons. The molecule has 1 aromatic heterocycles. The Morgan fingerprint density at radius 3 is 2.60 bits per heavy atom. The van der Waals surface area contributed by atoms with Gasteiger partial charge in [0, 0.05) is 4.88 Å². The normalized spacial score (nSPS) is 11.6. The van der Waals surface area contributed by atoms with Gasteiger partial charge >= 0.3 is 0 Å². The third-order valence-electron chi connectivity index (χ3n) is 2.88. The zero-order valence-electron chi connectivity index (χ0n) is 11.2. The first-order chi connectivity index (χ1) is 9.67. The summed E-state index contributed by atoms with van der Waals surface area (Å²) < 4.78 is 6.85. The predicted molar refractivity (Wildman–Crippen MR) is 86.0 cm³/mol. The number of ether oxygens (including phenoxy) is 1. The van der Waals surface area contributed by atoms with Crippen molar-refractivity contribution < 1.29 is 9.94 Å². The molecule has 106 valence electrons. The van der Waals surface area contributed by atoms with Gasteiger partial charge in [0.1, 0.15) is 12.4 Å². The lowest BCUT2D eigenvalue weighted by Crippen LogP contribution is -1.96. The number of halogens is 1. The minimum atomic E-state index is 0.589. The van der Waals surface area contributed by atoms with Gasteiger partial charge in [-0.3, -0.25) is 0 Å². The first-order valence-corrected chi connectivity index (χ1v) is 7.92. The third-order valence-corrected chi connectivity index (χ3v) is 4.48. The largest absolute Gasteiger partial charge is 0.488 e. The van der Waals surface area contributed by atoms with Crippen molar-refractivity contribution in [1.82, 2.24) is 0 Å². The Morgan fingerprint density at radius 2 is 2.00 bits per heavy atom. The molecular weight excluding hydrogens is 338 g/mol. The summed E-state index contributed by atoms with van der Waals surface area (Å²) in [7, 11) is 0. The van der Waals surface area contributed by atoms with Crippen molar-refractivity contribution in [2.24, 2.45) is 5.16 Å². The minimum Gasteiger partial charge on any atom is -0.488 e. The van der Waals surface area contributed by atoms with E-state index in [1.54, 1.807) is 11.3 Å². The van der Waals surface area contributed by atoms with Crippen molar-refractivity contribution in [2.45, 2.75) is 26.4 Å². The standard InChI is InChI=1S/C15H16BrNO2S/c1-11(17-18)2-3-12-4-6-13(7-5-12)19-10-14-8-9-15(16)20-14/h4-9,18H,2-3,10H2,1H3/b17-11+. The van der Waals surface area contributed by atoms with Crippen molar-refractivity contribution >= 4 is 33.0 Å². The number of aryl methyl sites for hydroxylation is 1. The average Bonchev–Trinajstić information content (AvgIpc) is 2.89. The van der Waals surface area contributed by atoms with Crippen LogP contribution in [0.15, 0.2) is 45.3 Å². The highest BCUT2D eigenvalue weighted by Crippen LogP contribution is 2.23. The summed E-state index contributed by atoms with van der Waals surface area (Å²) in [5.41, 5.74) is 1.95. The van der Waals surface area contributed by atoms with Gasteiger partial charge in [-0.1, -0.05) is 17.3 Å². The summed E-state index contributed by atoms with van der Waals surface area (Å²) in [5.74, 6) is 0.866. The van der Waals surface area contributed by atoms with Crippen LogP contribution in [0.4, 0.5) is 0 Å². The van der Waals surface area contributed by atoms with Gasteiger partial charge in [-0.05, 0) is 65.5 Å². The van der Waals surface area contributed by atoms with Crippen LogP contribution < -0.4 is 4.74 Å². The number of thiophene rings is 1. The van der Waals surface area contributed by atoms with Crippen LogP contribution in [-0.2, 0) is 13.0 Å². The minimum absolute atomic E-state index is 0.589. The molecule has 0 aliphatic rings. The Morgan fingerprint density at radius 1 is 1.25 bits per heavy atom. The van der Waals surface area contributed by atoms with Crippen LogP contribution in [0.5, 0.6) is 5.75 Å². The topological polar surface area (TPSA) is 41.8 Å². The molecule has 0 unspecified atom stereocenters. The molecule has 0 aliphatic heterocycles. The third kappa shape index (κ3) is 4.65. The van der Waals surface area contributed by atoms with E-state index in [-0.39, 0.29) is 0 Å². The number of benzene rings is 1. The maximum atomic E-state index is 8.60. The second-order valence-corrected chi connectivity index (χ2v) is 7.02. The van der Waals surface area contributed by atoms with Crippen molar-refractivity contribution in [1.29, 1.82) is 0 Å².